The monoisotopic (exact) mass is 591 g/mol. The molecule has 0 spiro atoms. The summed E-state index contributed by atoms with van der Waals surface area (Å²) in [6.07, 6.45) is 0. The fourth-order valence-electron chi connectivity index (χ4n) is 4.13. The Hall–Kier alpha value is -4.34. The molecule has 0 saturated carbocycles. The summed E-state index contributed by atoms with van der Waals surface area (Å²) < 4.78 is 34.6. The van der Waals surface area contributed by atoms with Crippen molar-refractivity contribution in [2.24, 2.45) is 0 Å². The standard InChI is InChI=1S/C31H30ClN3O5S/c1-23(31(37)33-2)34(21-24-13-15-25(32)16-14-24)30(36)22-35(41(38,39)29-11-7-4-8-12-29)26-17-19-28(20-18-26)40-27-9-5-3-6-10-27/h3-20,23H,21-22H2,1-2H3,(H,33,37). The van der Waals surface area contributed by atoms with E-state index in [9.17, 15) is 18.0 Å². The molecule has 4 rings (SSSR count). The summed E-state index contributed by atoms with van der Waals surface area (Å²) in [5.74, 6) is 0.193. The minimum absolute atomic E-state index is 0.0287. The molecule has 0 bridgehead atoms. The number of amides is 2. The van der Waals surface area contributed by atoms with E-state index in [0.717, 1.165) is 9.87 Å². The highest BCUT2D eigenvalue weighted by Gasteiger charge is 2.32. The Kier molecular flexibility index (Phi) is 9.65. The van der Waals surface area contributed by atoms with Gasteiger partial charge in [-0.05, 0) is 73.2 Å². The number of hydrogen-bond donors (Lipinski definition) is 1. The van der Waals surface area contributed by atoms with Crippen LogP contribution in [0, 0.1) is 0 Å². The minimum Gasteiger partial charge on any atom is -0.457 e. The molecule has 0 aliphatic carbocycles. The van der Waals surface area contributed by atoms with Crippen molar-refractivity contribution < 1.29 is 22.7 Å². The molecule has 212 valence electrons. The number of benzene rings is 4. The summed E-state index contributed by atoms with van der Waals surface area (Å²) in [6.45, 7) is 1.14. The predicted octanol–water partition coefficient (Wildman–Crippen LogP) is 5.49. The highest BCUT2D eigenvalue weighted by atomic mass is 35.5. The summed E-state index contributed by atoms with van der Waals surface area (Å²) in [4.78, 5) is 27.8. The molecule has 0 saturated heterocycles. The molecule has 2 amide bonds. The second-order valence-electron chi connectivity index (χ2n) is 9.17. The summed E-state index contributed by atoms with van der Waals surface area (Å²) in [5.41, 5.74) is 1.00. The van der Waals surface area contributed by atoms with Gasteiger partial charge in [-0.15, -0.1) is 0 Å². The number of sulfonamides is 1. The Bertz CT molecular complexity index is 1570. The molecule has 4 aromatic carbocycles. The number of rotatable bonds is 11. The molecule has 41 heavy (non-hydrogen) atoms. The molecule has 0 radical (unpaired) electrons. The fraction of sp³-hybridized carbons (Fsp3) is 0.161. The van der Waals surface area contributed by atoms with E-state index < -0.39 is 28.5 Å². The Balaban J connectivity index is 1.68. The molecule has 1 N–H and O–H groups in total. The van der Waals surface area contributed by atoms with Crippen molar-refractivity contribution in [1.82, 2.24) is 10.2 Å². The van der Waals surface area contributed by atoms with Gasteiger partial charge in [0.15, 0.2) is 0 Å². The summed E-state index contributed by atoms with van der Waals surface area (Å²) in [7, 11) is -2.68. The molecule has 0 aliphatic rings. The zero-order valence-electron chi connectivity index (χ0n) is 22.6. The quantitative estimate of drug-likeness (QED) is 0.249. The number of nitrogens with zero attached hydrogens (tertiary/aromatic N) is 2. The van der Waals surface area contributed by atoms with Crippen molar-refractivity contribution in [3.63, 3.8) is 0 Å². The van der Waals surface area contributed by atoms with Gasteiger partial charge in [0.05, 0.1) is 10.6 Å². The third-order valence-electron chi connectivity index (χ3n) is 6.39. The van der Waals surface area contributed by atoms with Crippen LogP contribution >= 0.6 is 11.6 Å². The molecule has 0 aliphatic heterocycles. The van der Waals surface area contributed by atoms with Gasteiger partial charge in [0.25, 0.3) is 10.0 Å². The van der Waals surface area contributed by atoms with Crippen LogP contribution in [0.2, 0.25) is 5.02 Å². The number of anilines is 1. The normalized spacial score (nSPS) is 11.8. The average Bonchev–Trinajstić information content (AvgIpc) is 3.00. The van der Waals surface area contributed by atoms with Crippen LogP contribution in [0.4, 0.5) is 5.69 Å². The maximum Gasteiger partial charge on any atom is 0.264 e. The van der Waals surface area contributed by atoms with Crippen LogP contribution in [0.5, 0.6) is 11.5 Å². The van der Waals surface area contributed by atoms with E-state index >= 15 is 0 Å². The first kappa shape index (κ1) is 29.6. The van der Waals surface area contributed by atoms with E-state index in [1.165, 1.54) is 24.1 Å². The first-order chi connectivity index (χ1) is 19.7. The van der Waals surface area contributed by atoms with Gasteiger partial charge >= 0.3 is 0 Å². The lowest BCUT2D eigenvalue weighted by Crippen LogP contribution is -2.50. The minimum atomic E-state index is -4.16. The zero-order chi connectivity index (χ0) is 29.4. The summed E-state index contributed by atoms with van der Waals surface area (Å²) >= 11 is 6.02. The van der Waals surface area contributed by atoms with Gasteiger partial charge in [-0.3, -0.25) is 13.9 Å². The first-order valence-corrected chi connectivity index (χ1v) is 14.7. The van der Waals surface area contributed by atoms with Crippen LogP contribution < -0.4 is 14.4 Å². The van der Waals surface area contributed by atoms with Crippen LogP contribution in [0.1, 0.15) is 12.5 Å². The van der Waals surface area contributed by atoms with E-state index in [-0.39, 0.29) is 23.0 Å². The summed E-state index contributed by atoms with van der Waals surface area (Å²) in [5, 5.41) is 3.10. The molecule has 4 aromatic rings. The topological polar surface area (TPSA) is 96.0 Å². The van der Waals surface area contributed by atoms with Gasteiger partial charge in [0.2, 0.25) is 11.8 Å². The maximum atomic E-state index is 13.9. The molecule has 1 atom stereocenters. The Morgan fingerprint density at radius 2 is 1.39 bits per heavy atom. The largest absolute Gasteiger partial charge is 0.457 e. The molecule has 1 unspecified atom stereocenters. The average molecular weight is 592 g/mol. The SMILES string of the molecule is CNC(=O)C(C)N(Cc1ccc(Cl)cc1)C(=O)CN(c1ccc(Oc2ccccc2)cc1)S(=O)(=O)c1ccccc1. The molecule has 0 heterocycles. The lowest BCUT2D eigenvalue weighted by molar-refractivity contribution is -0.139. The lowest BCUT2D eigenvalue weighted by Gasteiger charge is -2.31. The van der Waals surface area contributed by atoms with Gasteiger partial charge in [0, 0.05) is 18.6 Å². The van der Waals surface area contributed by atoms with Crippen molar-refractivity contribution in [3.8, 4) is 11.5 Å². The highest BCUT2D eigenvalue weighted by molar-refractivity contribution is 7.92. The van der Waals surface area contributed by atoms with Crippen LogP contribution in [0.25, 0.3) is 0 Å². The van der Waals surface area contributed by atoms with E-state index in [1.807, 2.05) is 30.3 Å². The maximum absolute atomic E-state index is 13.9. The number of nitrogens with one attached hydrogen (secondary N) is 1. The van der Waals surface area contributed by atoms with E-state index in [1.54, 1.807) is 73.7 Å². The number of likely N-dealkylation sites (N-methyl/N-ethyl adjacent to an activating group) is 1. The second-order valence-corrected chi connectivity index (χ2v) is 11.5. The first-order valence-electron chi connectivity index (χ1n) is 12.9. The van der Waals surface area contributed by atoms with Crippen molar-refractivity contribution in [3.05, 3.63) is 120 Å². The zero-order valence-corrected chi connectivity index (χ0v) is 24.2. The highest BCUT2D eigenvalue weighted by Crippen LogP contribution is 2.28. The van der Waals surface area contributed by atoms with Crippen molar-refractivity contribution in [1.29, 1.82) is 0 Å². The van der Waals surface area contributed by atoms with Crippen molar-refractivity contribution >= 4 is 39.1 Å². The second kappa shape index (κ2) is 13.3. The van der Waals surface area contributed by atoms with Crippen LogP contribution in [0.15, 0.2) is 114 Å². The third kappa shape index (κ3) is 7.45. The van der Waals surface area contributed by atoms with E-state index in [0.29, 0.717) is 16.5 Å². The molecule has 10 heteroatoms. The predicted molar refractivity (Wildman–Crippen MR) is 159 cm³/mol. The van der Waals surface area contributed by atoms with Gasteiger partial charge < -0.3 is 15.0 Å². The third-order valence-corrected chi connectivity index (χ3v) is 8.43. The fourth-order valence-corrected chi connectivity index (χ4v) is 5.69. The number of hydrogen-bond acceptors (Lipinski definition) is 5. The van der Waals surface area contributed by atoms with E-state index in [2.05, 4.69) is 5.32 Å². The van der Waals surface area contributed by atoms with Crippen LogP contribution in [-0.2, 0) is 26.2 Å². The smallest absolute Gasteiger partial charge is 0.264 e. The molecule has 8 nitrogen and oxygen atoms in total. The van der Waals surface area contributed by atoms with Crippen molar-refractivity contribution in [2.75, 3.05) is 17.9 Å². The Morgan fingerprint density at radius 3 is 1.98 bits per heavy atom. The van der Waals surface area contributed by atoms with Gasteiger partial charge in [-0.1, -0.05) is 60.1 Å². The van der Waals surface area contributed by atoms with Gasteiger partial charge in [-0.2, -0.15) is 0 Å². The van der Waals surface area contributed by atoms with Gasteiger partial charge in [-0.25, -0.2) is 8.42 Å². The van der Waals surface area contributed by atoms with E-state index in [4.69, 9.17) is 16.3 Å². The molecular weight excluding hydrogens is 562 g/mol. The molecule has 0 aromatic heterocycles. The van der Waals surface area contributed by atoms with Gasteiger partial charge in [0.1, 0.15) is 24.1 Å². The molecular formula is C31H30ClN3O5S. The molecule has 0 fully saturated rings. The van der Waals surface area contributed by atoms with Crippen LogP contribution in [-0.4, -0.2) is 44.8 Å². The summed E-state index contributed by atoms with van der Waals surface area (Å²) in [6, 6.07) is 29.5. The van der Waals surface area contributed by atoms with Crippen LogP contribution in [0.3, 0.4) is 0 Å². The number of ether oxygens (including phenoxy) is 1. The Morgan fingerprint density at radius 1 is 0.829 bits per heavy atom. The number of para-hydroxylation sites is 1. The Labute approximate surface area is 245 Å². The number of carbonyl (C=O) groups excluding carboxylic acids is 2. The number of carbonyl (C=O) groups is 2. The number of halogens is 1. The van der Waals surface area contributed by atoms with Crippen molar-refractivity contribution in [2.45, 2.75) is 24.4 Å². The lowest BCUT2D eigenvalue weighted by atomic mass is 10.1.